The van der Waals surface area contributed by atoms with E-state index in [0.717, 1.165) is 12.8 Å². The van der Waals surface area contributed by atoms with Crippen LogP contribution in [0.5, 0.6) is 0 Å². The quantitative estimate of drug-likeness (QED) is 0.798. The van der Waals surface area contributed by atoms with Crippen LogP contribution in [0, 0.1) is 12.8 Å². The number of ether oxygens (including phenoxy) is 1. The third-order valence-electron chi connectivity index (χ3n) is 3.81. The molecule has 0 unspecified atom stereocenters. The molecule has 0 atom stereocenters. The molecule has 0 aromatic carbocycles. The van der Waals surface area contributed by atoms with Gasteiger partial charge in [0.2, 0.25) is 0 Å². The SMILES string of the molecule is Cc1c(C(N)=O)n(CC2CCOCC2)cc(C(N)=O)c1=O. The van der Waals surface area contributed by atoms with Gasteiger partial charge in [-0.15, -0.1) is 0 Å². The number of amides is 2. The van der Waals surface area contributed by atoms with Crippen molar-refractivity contribution in [3.63, 3.8) is 0 Å². The first kappa shape index (κ1) is 15.2. The minimum atomic E-state index is -0.806. The number of nitrogens with two attached hydrogens (primary N) is 2. The average Bonchev–Trinajstić information content (AvgIpc) is 2.43. The summed E-state index contributed by atoms with van der Waals surface area (Å²) in [5.41, 5.74) is 10.2. The normalized spacial score (nSPS) is 15.9. The first-order valence-electron chi connectivity index (χ1n) is 6.83. The molecule has 1 aromatic rings. The van der Waals surface area contributed by atoms with E-state index in [4.69, 9.17) is 16.2 Å². The number of aromatic nitrogens is 1. The van der Waals surface area contributed by atoms with Gasteiger partial charge >= 0.3 is 0 Å². The van der Waals surface area contributed by atoms with Crippen LogP contribution in [0.15, 0.2) is 11.0 Å². The van der Waals surface area contributed by atoms with Crippen LogP contribution >= 0.6 is 0 Å². The summed E-state index contributed by atoms with van der Waals surface area (Å²) in [6, 6.07) is 0. The first-order chi connectivity index (χ1) is 9.91. The fourth-order valence-corrected chi connectivity index (χ4v) is 2.66. The van der Waals surface area contributed by atoms with Gasteiger partial charge in [0.25, 0.3) is 11.8 Å². The summed E-state index contributed by atoms with van der Waals surface area (Å²) in [5, 5.41) is 0. The van der Waals surface area contributed by atoms with Crippen LogP contribution in [0.25, 0.3) is 0 Å². The lowest BCUT2D eigenvalue weighted by molar-refractivity contribution is 0.0607. The molecule has 0 spiro atoms. The molecule has 1 aliphatic heterocycles. The van der Waals surface area contributed by atoms with Gasteiger partial charge in [0.15, 0.2) is 5.43 Å². The van der Waals surface area contributed by atoms with Crippen LogP contribution < -0.4 is 16.9 Å². The highest BCUT2D eigenvalue weighted by molar-refractivity contribution is 5.96. The molecule has 1 aliphatic rings. The Hall–Kier alpha value is -2.15. The number of carbonyl (C=O) groups excluding carboxylic acids is 2. The van der Waals surface area contributed by atoms with Crippen molar-refractivity contribution in [1.29, 1.82) is 0 Å². The van der Waals surface area contributed by atoms with E-state index in [-0.39, 0.29) is 16.8 Å². The summed E-state index contributed by atoms with van der Waals surface area (Å²) >= 11 is 0. The van der Waals surface area contributed by atoms with Crippen LogP contribution in [-0.4, -0.2) is 29.6 Å². The molecule has 1 saturated heterocycles. The second kappa shape index (κ2) is 6.09. The lowest BCUT2D eigenvalue weighted by Crippen LogP contribution is -2.33. The smallest absolute Gasteiger partial charge is 0.265 e. The van der Waals surface area contributed by atoms with Crippen molar-refractivity contribution < 1.29 is 14.3 Å². The van der Waals surface area contributed by atoms with Crippen LogP contribution in [0.3, 0.4) is 0 Å². The third kappa shape index (κ3) is 3.13. The molecule has 2 amide bonds. The van der Waals surface area contributed by atoms with Gasteiger partial charge in [0.05, 0.1) is 0 Å². The monoisotopic (exact) mass is 293 g/mol. The number of carbonyl (C=O) groups is 2. The molecule has 2 heterocycles. The Bertz CT molecular complexity index is 630. The molecule has 0 saturated carbocycles. The van der Waals surface area contributed by atoms with Crippen molar-refractivity contribution in [1.82, 2.24) is 4.57 Å². The number of nitrogens with zero attached hydrogens (tertiary/aromatic N) is 1. The van der Waals surface area contributed by atoms with Gasteiger partial charge in [-0.1, -0.05) is 0 Å². The van der Waals surface area contributed by atoms with Gasteiger partial charge in [-0.25, -0.2) is 0 Å². The molecule has 4 N–H and O–H groups in total. The molecule has 7 heteroatoms. The summed E-state index contributed by atoms with van der Waals surface area (Å²) in [5.74, 6) is -1.19. The highest BCUT2D eigenvalue weighted by Gasteiger charge is 2.22. The van der Waals surface area contributed by atoms with E-state index in [9.17, 15) is 14.4 Å². The van der Waals surface area contributed by atoms with Gasteiger partial charge in [0, 0.05) is 31.5 Å². The zero-order chi connectivity index (χ0) is 15.6. The van der Waals surface area contributed by atoms with Gasteiger partial charge in [-0.2, -0.15) is 0 Å². The van der Waals surface area contributed by atoms with Gasteiger partial charge in [0.1, 0.15) is 11.3 Å². The lowest BCUT2D eigenvalue weighted by atomic mass is 9.99. The van der Waals surface area contributed by atoms with Crippen molar-refractivity contribution in [3.05, 3.63) is 33.2 Å². The Morgan fingerprint density at radius 1 is 1.29 bits per heavy atom. The zero-order valence-corrected chi connectivity index (χ0v) is 11.9. The Morgan fingerprint density at radius 2 is 1.90 bits per heavy atom. The minimum Gasteiger partial charge on any atom is -0.381 e. The molecule has 21 heavy (non-hydrogen) atoms. The maximum atomic E-state index is 12.0. The van der Waals surface area contributed by atoms with E-state index in [1.807, 2.05) is 0 Å². The van der Waals surface area contributed by atoms with Crippen molar-refractivity contribution in [3.8, 4) is 0 Å². The molecular weight excluding hydrogens is 274 g/mol. The third-order valence-corrected chi connectivity index (χ3v) is 3.81. The highest BCUT2D eigenvalue weighted by atomic mass is 16.5. The summed E-state index contributed by atoms with van der Waals surface area (Å²) in [6.45, 7) is 3.31. The summed E-state index contributed by atoms with van der Waals surface area (Å²) in [7, 11) is 0. The number of hydrogen-bond acceptors (Lipinski definition) is 4. The Morgan fingerprint density at radius 3 is 2.43 bits per heavy atom. The molecular formula is C14H19N3O4. The van der Waals surface area contributed by atoms with Crippen molar-refractivity contribution >= 4 is 11.8 Å². The van der Waals surface area contributed by atoms with Crippen molar-refractivity contribution in [2.75, 3.05) is 13.2 Å². The maximum absolute atomic E-state index is 12.0. The molecule has 1 fully saturated rings. The van der Waals surface area contributed by atoms with E-state index < -0.39 is 17.2 Å². The number of pyridine rings is 1. The maximum Gasteiger partial charge on any atom is 0.265 e. The van der Waals surface area contributed by atoms with Crippen LogP contribution in [0.4, 0.5) is 0 Å². The van der Waals surface area contributed by atoms with Gasteiger partial charge in [-0.05, 0) is 25.7 Å². The number of hydrogen-bond donors (Lipinski definition) is 2. The van der Waals surface area contributed by atoms with Crippen LogP contribution in [-0.2, 0) is 11.3 Å². The lowest BCUT2D eigenvalue weighted by Gasteiger charge is -2.25. The summed E-state index contributed by atoms with van der Waals surface area (Å²) in [6.07, 6.45) is 3.05. The predicted molar refractivity (Wildman–Crippen MR) is 76.0 cm³/mol. The van der Waals surface area contributed by atoms with Gasteiger partial charge < -0.3 is 20.8 Å². The Kier molecular flexibility index (Phi) is 4.42. The van der Waals surface area contributed by atoms with Crippen molar-refractivity contribution in [2.45, 2.75) is 26.3 Å². The molecule has 0 aliphatic carbocycles. The fourth-order valence-electron chi connectivity index (χ4n) is 2.66. The molecule has 114 valence electrons. The predicted octanol–water partition coefficient (Wildman–Crippen LogP) is -0.219. The van der Waals surface area contributed by atoms with Crippen molar-refractivity contribution in [2.24, 2.45) is 17.4 Å². The molecule has 0 bridgehead atoms. The van der Waals surface area contributed by atoms with Crippen LogP contribution in [0.1, 0.15) is 39.3 Å². The summed E-state index contributed by atoms with van der Waals surface area (Å²) in [4.78, 5) is 35.0. The van der Waals surface area contributed by atoms with E-state index >= 15 is 0 Å². The molecule has 2 rings (SSSR count). The topological polar surface area (TPSA) is 117 Å². The Labute approximate surface area is 121 Å². The zero-order valence-electron chi connectivity index (χ0n) is 11.9. The molecule has 7 nitrogen and oxygen atoms in total. The number of rotatable bonds is 4. The van der Waals surface area contributed by atoms with E-state index in [1.54, 1.807) is 4.57 Å². The first-order valence-corrected chi connectivity index (χ1v) is 6.83. The second-order valence-electron chi connectivity index (χ2n) is 5.28. The Balaban J connectivity index is 2.48. The van der Waals surface area contributed by atoms with E-state index in [1.165, 1.54) is 13.1 Å². The van der Waals surface area contributed by atoms with E-state index in [2.05, 4.69) is 0 Å². The minimum absolute atomic E-state index is 0.121. The molecule has 1 aromatic heterocycles. The number of primary amides is 2. The van der Waals surface area contributed by atoms with Gasteiger partial charge in [-0.3, -0.25) is 14.4 Å². The second-order valence-corrected chi connectivity index (χ2v) is 5.28. The average molecular weight is 293 g/mol. The molecule has 0 radical (unpaired) electrons. The fraction of sp³-hybridized carbons (Fsp3) is 0.500. The highest BCUT2D eigenvalue weighted by Crippen LogP contribution is 2.18. The van der Waals surface area contributed by atoms with Crippen LogP contribution in [0.2, 0.25) is 0 Å². The van der Waals surface area contributed by atoms with E-state index in [0.29, 0.717) is 25.7 Å². The largest absolute Gasteiger partial charge is 0.381 e. The summed E-state index contributed by atoms with van der Waals surface area (Å²) < 4.78 is 6.87. The standard InChI is InChI=1S/C14H19N3O4/c1-8-11(14(16)20)17(6-9-2-4-21-5-3-9)7-10(12(8)18)13(15)19/h7,9H,2-6H2,1H3,(H2,15,19)(H2,16,20).